The van der Waals surface area contributed by atoms with Gasteiger partial charge in [-0.25, -0.2) is 4.79 Å². The molecule has 2 atom stereocenters. The molecule has 4 heterocycles. The number of aliphatic carboxylic acids is 1. The molecule has 180 valence electrons. The van der Waals surface area contributed by atoms with Crippen LogP contribution >= 0.6 is 34.9 Å². The normalized spacial score (nSPS) is 19.6. The fourth-order valence-corrected chi connectivity index (χ4v) is 6.87. The fraction of sp³-hybridized carbons (Fsp3) is 0.444. The highest BCUT2D eigenvalue weighted by Gasteiger charge is 2.54. The summed E-state index contributed by atoms with van der Waals surface area (Å²) in [5, 5.41) is 35.5. The molecule has 0 radical (unpaired) electrons. The summed E-state index contributed by atoms with van der Waals surface area (Å²) in [6, 6.07) is -0.833. The Bertz CT molecular complexity index is 1210. The zero-order valence-corrected chi connectivity index (χ0v) is 20.4. The van der Waals surface area contributed by atoms with Gasteiger partial charge in [0.05, 0.1) is 11.5 Å². The van der Waals surface area contributed by atoms with E-state index in [1.54, 1.807) is 0 Å². The Morgan fingerprint density at radius 2 is 2.15 bits per heavy atom. The van der Waals surface area contributed by atoms with E-state index in [1.165, 1.54) is 51.4 Å². The number of rotatable bonds is 9. The predicted molar refractivity (Wildman–Crippen MR) is 123 cm³/mol. The van der Waals surface area contributed by atoms with Crippen LogP contribution in [-0.2, 0) is 20.9 Å². The Balaban J connectivity index is 1.37. The number of β-lactam (4-membered cyclic amide) rings is 1. The number of carbonyl (C=O) groups excluding carboxylic acids is 2. The van der Waals surface area contributed by atoms with Crippen LogP contribution in [0.1, 0.15) is 17.1 Å². The lowest BCUT2D eigenvalue weighted by molar-refractivity contribution is -0.385. The number of aromatic nitrogens is 4. The molecule has 2 aromatic rings. The van der Waals surface area contributed by atoms with Crippen molar-refractivity contribution in [1.29, 1.82) is 0 Å². The molecule has 2 amide bonds. The van der Waals surface area contributed by atoms with Gasteiger partial charge in [0.1, 0.15) is 34.0 Å². The second kappa shape index (κ2) is 9.71. The van der Waals surface area contributed by atoms with Crippen molar-refractivity contribution >= 4 is 58.3 Å². The summed E-state index contributed by atoms with van der Waals surface area (Å²) in [7, 11) is 0. The molecule has 2 N–H and O–H groups in total. The monoisotopic (exact) mass is 525 g/mol. The van der Waals surface area contributed by atoms with E-state index >= 15 is 0 Å². The Morgan fingerprint density at radius 3 is 2.76 bits per heavy atom. The Labute approximate surface area is 205 Å². The summed E-state index contributed by atoms with van der Waals surface area (Å²) in [6.07, 6.45) is 1.09. The van der Waals surface area contributed by atoms with Crippen molar-refractivity contribution in [2.75, 3.05) is 11.5 Å². The topological polar surface area (TPSA) is 173 Å². The highest BCUT2D eigenvalue weighted by molar-refractivity contribution is 8.01. The summed E-state index contributed by atoms with van der Waals surface area (Å²) >= 11 is 4.17. The third kappa shape index (κ3) is 4.65. The van der Waals surface area contributed by atoms with Gasteiger partial charge in [-0.15, -0.1) is 22.0 Å². The number of amides is 2. The highest BCUT2D eigenvalue weighted by atomic mass is 32.2. The van der Waals surface area contributed by atoms with Gasteiger partial charge in [-0.2, -0.15) is 5.10 Å². The molecule has 34 heavy (non-hydrogen) atoms. The Morgan fingerprint density at radius 1 is 1.38 bits per heavy atom. The minimum atomic E-state index is -1.19. The lowest BCUT2D eigenvalue weighted by Crippen LogP contribution is -2.70. The van der Waals surface area contributed by atoms with Crippen molar-refractivity contribution in [3.8, 4) is 0 Å². The molecule has 13 nitrogen and oxygen atoms in total. The molecule has 0 aromatic carbocycles. The van der Waals surface area contributed by atoms with Crippen molar-refractivity contribution in [2.45, 2.75) is 42.6 Å². The van der Waals surface area contributed by atoms with Crippen LogP contribution in [0, 0.1) is 24.0 Å². The molecule has 1 saturated heterocycles. The number of carbonyl (C=O) groups is 3. The molecule has 2 aliphatic heterocycles. The number of carboxylic acids is 1. The van der Waals surface area contributed by atoms with Crippen LogP contribution in [0.5, 0.6) is 0 Å². The molecule has 2 aromatic heterocycles. The summed E-state index contributed by atoms with van der Waals surface area (Å²) in [5.41, 5.74) is 0.761. The maximum absolute atomic E-state index is 12.8. The molecule has 0 aliphatic carbocycles. The van der Waals surface area contributed by atoms with Crippen molar-refractivity contribution in [1.82, 2.24) is 30.2 Å². The summed E-state index contributed by atoms with van der Waals surface area (Å²) in [4.78, 5) is 48.7. The second-order valence-electron chi connectivity index (χ2n) is 7.43. The Hall–Kier alpha value is -2.98. The zero-order chi connectivity index (χ0) is 24.6. The molecular formula is C18H19N7O6S3. The smallest absolute Gasteiger partial charge is 0.352 e. The lowest BCUT2D eigenvalue weighted by atomic mass is 10.0. The van der Waals surface area contributed by atoms with E-state index in [4.69, 9.17) is 0 Å². The molecule has 16 heteroatoms. The average Bonchev–Trinajstić information content (AvgIpc) is 3.38. The maximum atomic E-state index is 12.8. The minimum Gasteiger partial charge on any atom is -0.477 e. The van der Waals surface area contributed by atoms with Crippen LogP contribution in [-0.4, -0.2) is 75.6 Å². The average molecular weight is 526 g/mol. The van der Waals surface area contributed by atoms with Crippen LogP contribution < -0.4 is 5.32 Å². The van der Waals surface area contributed by atoms with Gasteiger partial charge in [-0.1, -0.05) is 23.1 Å². The van der Waals surface area contributed by atoms with Crippen LogP contribution in [0.4, 0.5) is 5.69 Å². The van der Waals surface area contributed by atoms with E-state index in [2.05, 4.69) is 20.6 Å². The first-order chi connectivity index (χ1) is 16.2. The first kappa shape index (κ1) is 24.2. The highest BCUT2D eigenvalue weighted by Crippen LogP contribution is 2.41. The van der Waals surface area contributed by atoms with Gasteiger partial charge >= 0.3 is 11.7 Å². The van der Waals surface area contributed by atoms with Gasteiger partial charge < -0.3 is 10.4 Å². The first-order valence-electron chi connectivity index (χ1n) is 9.96. The first-order valence-corrected chi connectivity index (χ1v) is 12.8. The third-order valence-electron chi connectivity index (χ3n) is 5.27. The lowest BCUT2D eigenvalue weighted by Gasteiger charge is -2.49. The SMILES string of the molecule is Cc1nnc(SCC2=C(C(=O)O)N3C(=O)[C@@H](NC(=O)CCn4ncc([N+](=O)[O-])c4C)[C@H]3SC2)s1. The molecule has 0 bridgehead atoms. The van der Waals surface area contributed by atoms with E-state index in [1.807, 2.05) is 6.92 Å². The molecule has 4 rings (SSSR count). The van der Waals surface area contributed by atoms with Crippen molar-refractivity contribution in [2.24, 2.45) is 0 Å². The van der Waals surface area contributed by atoms with Gasteiger partial charge in [0, 0.05) is 17.9 Å². The molecule has 2 aliphatic rings. The quantitative estimate of drug-likeness (QED) is 0.208. The maximum Gasteiger partial charge on any atom is 0.352 e. The van der Waals surface area contributed by atoms with Crippen LogP contribution in [0.15, 0.2) is 21.8 Å². The van der Waals surface area contributed by atoms with Gasteiger partial charge in [0.25, 0.3) is 5.91 Å². The van der Waals surface area contributed by atoms with E-state index in [-0.39, 0.29) is 24.4 Å². The van der Waals surface area contributed by atoms with E-state index in [0.717, 1.165) is 15.5 Å². The van der Waals surface area contributed by atoms with E-state index < -0.39 is 34.1 Å². The van der Waals surface area contributed by atoms with E-state index in [0.29, 0.717) is 22.8 Å². The number of hydrogen-bond acceptors (Lipinski definition) is 11. The number of hydrogen-bond donors (Lipinski definition) is 2. The van der Waals surface area contributed by atoms with Crippen molar-refractivity contribution in [3.63, 3.8) is 0 Å². The standard InChI is InChI=1S/C18H19N7O6S3/c1-8-11(25(30)31)5-19-23(8)4-3-12(26)20-13-15(27)24-14(17(28)29)10(6-32-16(13)24)7-33-18-22-21-9(2)34-18/h5,13,16H,3-4,6-7H2,1-2H3,(H,20,26)(H,28,29)/t13-,16-/m1/s1. The molecular weight excluding hydrogens is 506 g/mol. The number of nitrogens with zero attached hydrogens (tertiary/aromatic N) is 6. The van der Waals surface area contributed by atoms with Crippen molar-refractivity contribution in [3.05, 3.63) is 38.3 Å². The second-order valence-corrected chi connectivity index (χ2v) is 10.9. The van der Waals surface area contributed by atoms with Crippen LogP contribution in [0.3, 0.4) is 0 Å². The summed E-state index contributed by atoms with van der Waals surface area (Å²) < 4.78 is 2.08. The van der Waals surface area contributed by atoms with Gasteiger partial charge in [0.15, 0.2) is 4.34 Å². The van der Waals surface area contributed by atoms with Gasteiger partial charge in [0.2, 0.25) is 5.91 Å². The number of thioether (sulfide) groups is 2. The van der Waals surface area contributed by atoms with Gasteiger partial charge in [-0.3, -0.25) is 29.3 Å². The van der Waals surface area contributed by atoms with Crippen LogP contribution in [0.25, 0.3) is 0 Å². The number of fused-ring (bicyclic) bond motifs is 1. The third-order valence-corrected chi connectivity index (χ3v) is 8.67. The molecule has 0 saturated carbocycles. The number of nitro groups is 1. The summed E-state index contributed by atoms with van der Waals surface area (Å²) in [5.74, 6) is -1.33. The molecule has 0 spiro atoms. The fourth-order valence-electron chi connectivity index (χ4n) is 3.57. The van der Waals surface area contributed by atoms with E-state index in [9.17, 15) is 29.6 Å². The Kier molecular flexibility index (Phi) is 6.90. The molecule has 1 fully saturated rings. The van der Waals surface area contributed by atoms with Gasteiger partial charge in [-0.05, 0) is 19.4 Å². The van der Waals surface area contributed by atoms with Crippen LogP contribution in [0.2, 0.25) is 0 Å². The number of carboxylic acid groups (broad SMARTS) is 1. The molecule has 0 unspecified atom stereocenters. The number of aryl methyl sites for hydroxylation is 2. The predicted octanol–water partition coefficient (Wildman–Crippen LogP) is 1.18. The van der Waals surface area contributed by atoms with Crippen molar-refractivity contribution < 1.29 is 24.4 Å². The zero-order valence-electron chi connectivity index (χ0n) is 18.0. The number of nitrogens with one attached hydrogen (secondary N) is 1. The minimum absolute atomic E-state index is 0.0361. The summed E-state index contributed by atoms with van der Waals surface area (Å²) in [6.45, 7) is 3.48. The largest absolute Gasteiger partial charge is 0.477 e.